The second kappa shape index (κ2) is 42.9. The topological polar surface area (TPSA) is 235 Å². The minimum atomic E-state index is -0.307. The highest BCUT2D eigenvalue weighted by Crippen LogP contribution is 2.32. The normalized spacial score (nSPS) is 13.0. The number of nitrogens with zero attached hydrogens (tertiary/aromatic N) is 11. The number of pyridine rings is 4. The van der Waals surface area contributed by atoms with Crippen molar-refractivity contribution in [1.29, 1.82) is 0 Å². The van der Waals surface area contributed by atoms with Gasteiger partial charge in [-0.2, -0.15) is 9.98 Å². The van der Waals surface area contributed by atoms with Crippen LogP contribution in [0.4, 0.5) is 78.4 Å². The Kier molecular flexibility index (Phi) is 31.1. The van der Waals surface area contributed by atoms with Crippen LogP contribution in [0.5, 0.6) is 0 Å². The van der Waals surface area contributed by atoms with E-state index in [9.17, 15) is 19.2 Å². The highest BCUT2D eigenvalue weighted by atomic mass is 35.5. The van der Waals surface area contributed by atoms with Crippen LogP contribution >= 0.6 is 46.4 Å². The second-order valence-corrected chi connectivity index (χ2v) is 28.6. The third kappa shape index (κ3) is 25.3. The van der Waals surface area contributed by atoms with Crippen LogP contribution in [-0.2, 0) is 9.59 Å². The summed E-state index contributed by atoms with van der Waals surface area (Å²) in [5, 5.41) is 14.2. The predicted molar refractivity (Wildman–Crippen MR) is 470 cm³/mol. The van der Waals surface area contributed by atoms with Crippen molar-refractivity contribution in [2.75, 3.05) is 118 Å². The zero-order chi connectivity index (χ0) is 79.8. The molecule has 4 fully saturated rings. The van der Waals surface area contributed by atoms with Crippen molar-refractivity contribution in [3.63, 3.8) is 0 Å². The number of nitrogen functional groups attached to an aromatic ring is 1. The Labute approximate surface area is 685 Å². The number of halogens is 4. The van der Waals surface area contributed by atoms with Crippen LogP contribution in [-0.4, -0.2) is 111 Å². The fourth-order valence-electron chi connectivity index (χ4n) is 12.8. The molecule has 0 aliphatic carbocycles. The number of aromatic nitrogens is 4. The van der Waals surface area contributed by atoms with E-state index < -0.39 is 0 Å². The van der Waals surface area contributed by atoms with E-state index in [2.05, 4.69) is 118 Å². The van der Waals surface area contributed by atoms with Crippen LogP contribution in [0.25, 0.3) is 45.0 Å². The smallest absolute Gasteiger partial charge is 0.326 e. The number of aliphatic imine (C=N–C) groups is 2. The number of hydrogen-bond acceptors (Lipinski definition) is 16. The minimum Gasteiger partial charge on any atom is -0.399 e. The monoisotopic (exact) mass is 1600 g/mol. The van der Waals surface area contributed by atoms with Crippen LogP contribution in [0.3, 0.4) is 0 Å². The summed E-state index contributed by atoms with van der Waals surface area (Å²) in [6.45, 7) is 8.74. The van der Waals surface area contributed by atoms with Gasteiger partial charge in [-0.1, -0.05) is 119 Å². The standard InChI is InChI=1S/C23H23ClN4O.C22H21ClN4O.C16H19N3.C15H17N3.2C7H4ClNO/c1-27(23(29)25-19-12-10-18(24)11-13-19)20-7-4-6-17(16-20)21-8-5-9-22(26-21)28-14-2-3-15-28;23-17-9-11-18(12-10-17)24-22(28)25-19-6-3-5-16(15-19)20-7-4-8-21(26-20)27-13-1-2-14-27;1-17-14-7-4-6-13(12-14)15-8-5-9-16(18-15)19-10-2-3-11-19;16-13-6-3-5-12(11-13)14-7-4-8-15(17-14)18-9-1-2-10-18;2*8-6-1-3-7(4-2-6)9-5-10/h4-13,16H,2-3,14-15H2,1H3,(H,25,29);3-12,15H,1-2,13-14H2,(H2,24,25,28);4-9,12,17H,2-3,10-11H2,1H3;3-8,11H,1-2,9-10,16H2;2*1-4H. The van der Waals surface area contributed by atoms with Crippen molar-refractivity contribution in [2.45, 2.75) is 51.4 Å². The van der Waals surface area contributed by atoms with Crippen LogP contribution in [0.2, 0.25) is 20.1 Å². The molecule has 24 heteroatoms. The number of benzene rings is 8. The fraction of sp³-hybridized carbons (Fsp3) is 0.200. The van der Waals surface area contributed by atoms with Gasteiger partial charge in [0.15, 0.2) is 0 Å². The number of nitrogens with two attached hydrogens (primary N) is 1. The molecule has 580 valence electrons. The van der Waals surface area contributed by atoms with Gasteiger partial charge in [-0.05, 0) is 245 Å². The highest BCUT2D eigenvalue weighted by Gasteiger charge is 2.20. The molecule has 0 spiro atoms. The van der Waals surface area contributed by atoms with Gasteiger partial charge in [-0.25, -0.2) is 39.1 Å². The Morgan fingerprint density at radius 3 is 1.04 bits per heavy atom. The van der Waals surface area contributed by atoms with Crippen molar-refractivity contribution < 1.29 is 19.2 Å². The average Bonchev–Trinajstić information content (AvgIpc) is 1.13. The maximum Gasteiger partial charge on any atom is 0.326 e. The van der Waals surface area contributed by atoms with Crippen molar-refractivity contribution in [1.82, 2.24) is 19.9 Å². The van der Waals surface area contributed by atoms with Gasteiger partial charge in [0.05, 0.1) is 34.2 Å². The fourth-order valence-corrected chi connectivity index (χ4v) is 13.3. The lowest BCUT2D eigenvalue weighted by Gasteiger charge is -2.20. The summed E-state index contributed by atoms with van der Waals surface area (Å²) in [4.78, 5) is 81.2. The number of carbonyl (C=O) groups excluding carboxylic acids is 4. The van der Waals surface area contributed by atoms with Crippen molar-refractivity contribution in [2.24, 2.45) is 9.98 Å². The maximum atomic E-state index is 12.6. The SMILES string of the molecule is CN(C(=O)Nc1ccc(Cl)cc1)c1cccc(-c2cccc(N3CCCC3)n2)c1.CNc1cccc(-c2cccc(N3CCCC3)n2)c1.Nc1cccc(-c2cccc(N3CCCC3)n2)c1.O=C(Nc1ccc(Cl)cc1)Nc1cccc(-c2cccc(N3CCCC3)n2)c1.O=C=Nc1ccc(Cl)cc1.O=C=Nc1ccc(Cl)cc1. The molecule has 0 bridgehead atoms. The molecule has 0 unspecified atom stereocenters. The van der Waals surface area contributed by atoms with Gasteiger partial charge in [-0.15, -0.1) is 0 Å². The first-order chi connectivity index (χ1) is 55.6. The number of carbonyl (C=O) groups is 2. The molecule has 4 aliphatic heterocycles. The van der Waals surface area contributed by atoms with Gasteiger partial charge in [0, 0.05) is 143 Å². The summed E-state index contributed by atoms with van der Waals surface area (Å²) in [7, 11) is 3.69. The molecule has 4 amide bonds. The van der Waals surface area contributed by atoms with E-state index in [0.29, 0.717) is 48.5 Å². The van der Waals surface area contributed by atoms with Crippen LogP contribution < -0.4 is 51.5 Å². The third-order valence-electron chi connectivity index (χ3n) is 18.7. The Balaban J connectivity index is 0.000000140. The van der Waals surface area contributed by atoms with Gasteiger partial charge in [-0.3, -0.25) is 4.90 Å². The zero-order valence-electron chi connectivity index (χ0n) is 63.4. The van der Waals surface area contributed by atoms with Crippen LogP contribution in [0.1, 0.15) is 51.4 Å². The van der Waals surface area contributed by atoms with E-state index in [1.54, 1.807) is 109 Å². The molecule has 4 aliphatic rings. The molecular formula is C90H88Cl4N16O4. The number of nitrogens with one attached hydrogen (secondary N) is 4. The van der Waals surface area contributed by atoms with Gasteiger partial charge in [0.2, 0.25) is 12.2 Å². The molecule has 4 saturated heterocycles. The van der Waals surface area contributed by atoms with Gasteiger partial charge in [0.1, 0.15) is 23.3 Å². The van der Waals surface area contributed by atoms with Crippen molar-refractivity contribution in [3.05, 3.63) is 287 Å². The Hall–Kier alpha value is -12.4. The second-order valence-electron chi connectivity index (χ2n) is 26.8. The van der Waals surface area contributed by atoms with Crippen LogP contribution in [0, 0.1) is 0 Å². The number of urea groups is 2. The number of hydrogen-bond donors (Lipinski definition) is 5. The predicted octanol–water partition coefficient (Wildman–Crippen LogP) is 22.3. The molecule has 0 saturated carbocycles. The van der Waals surface area contributed by atoms with Gasteiger partial charge >= 0.3 is 12.1 Å². The third-order valence-corrected chi connectivity index (χ3v) is 19.7. The van der Waals surface area contributed by atoms with Crippen LogP contribution in [0.15, 0.2) is 277 Å². The summed E-state index contributed by atoms with van der Waals surface area (Å²) >= 11 is 22.9. The molecule has 8 aromatic carbocycles. The molecule has 0 atom stereocenters. The molecule has 6 N–H and O–H groups in total. The molecule has 8 heterocycles. The molecule has 114 heavy (non-hydrogen) atoms. The Bertz CT molecular complexity index is 5140. The van der Waals surface area contributed by atoms with E-state index in [0.717, 1.165) is 138 Å². The number of anilines is 10. The quantitative estimate of drug-likeness (QED) is 0.0365. The largest absolute Gasteiger partial charge is 0.399 e. The van der Waals surface area contributed by atoms with E-state index in [-0.39, 0.29) is 12.1 Å². The molecule has 0 radical (unpaired) electrons. The first-order valence-corrected chi connectivity index (χ1v) is 39.2. The number of rotatable bonds is 15. The first kappa shape index (κ1) is 82.6. The summed E-state index contributed by atoms with van der Waals surface area (Å²) in [5.41, 5.74) is 19.7. The summed E-state index contributed by atoms with van der Waals surface area (Å²) < 4.78 is 0. The number of isocyanates is 2. The minimum absolute atomic E-state index is 0.219. The number of amides is 4. The molecule has 4 aromatic heterocycles. The lowest BCUT2D eigenvalue weighted by atomic mass is 10.1. The van der Waals surface area contributed by atoms with E-state index in [1.807, 2.05) is 110 Å². The van der Waals surface area contributed by atoms with E-state index >= 15 is 0 Å². The van der Waals surface area contributed by atoms with E-state index in [4.69, 9.17) is 72.1 Å². The Morgan fingerprint density at radius 1 is 0.368 bits per heavy atom. The summed E-state index contributed by atoms with van der Waals surface area (Å²) in [5.74, 6) is 4.20. The van der Waals surface area contributed by atoms with E-state index in [1.165, 1.54) is 63.5 Å². The summed E-state index contributed by atoms with van der Waals surface area (Å²) in [6, 6.07) is 83.2. The van der Waals surface area contributed by atoms with Crippen molar-refractivity contribution >= 4 is 139 Å². The maximum absolute atomic E-state index is 12.6. The highest BCUT2D eigenvalue weighted by molar-refractivity contribution is 6.31. The molecular weight excluding hydrogens is 1510 g/mol. The lowest BCUT2D eigenvalue weighted by molar-refractivity contribution is 0.258. The van der Waals surface area contributed by atoms with Gasteiger partial charge in [0.25, 0.3) is 0 Å². The lowest BCUT2D eigenvalue weighted by Crippen LogP contribution is -2.31. The first-order valence-electron chi connectivity index (χ1n) is 37.7. The van der Waals surface area contributed by atoms with Crippen molar-refractivity contribution in [3.8, 4) is 45.0 Å². The average molecular weight is 1600 g/mol. The molecule has 20 nitrogen and oxygen atoms in total. The Morgan fingerprint density at radius 2 is 0.675 bits per heavy atom. The van der Waals surface area contributed by atoms with Gasteiger partial charge < -0.3 is 46.6 Å². The summed E-state index contributed by atoms with van der Waals surface area (Å²) in [6.07, 6.45) is 12.8. The zero-order valence-corrected chi connectivity index (χ0v) is 66.4. The molecule has 12 aromatic rings. The molecule has 16 rings (SSSR count).